The Labute approximate surface area is 218 Å². The zero-order valence-corrected chi connectivity index (χ0v) is 20.7. The van der Waals surface area contributed by atoms with Gasteiger partial charge in [-0.1, -0.05) is 84.9 Å². The van der Waals surface area contributed by atoms with Crippen LogP contribution in [0.5, 0.6) is 0 Å². The number of aromatic nitrogens is 1. The maximum Gasteiger partial charge on any atom is 0.0992 e. The standard InChI is InChI=1S/C34H20N2S/c35-21-22-15-16-36-31(17-22)26-10-6-9-25(18-26)30-20-33-34(28-12-5-4-11-27(28)30)29-14-13-24(19-32(29)37-33)23-7-2-1-3-8-23/h1-20H. The SMILES string of the molecule is N#Cc1ccnc(-c2cccc(-c3cc4sc5cc(-c6ccccc6)ccc5c4c4ccccc34)c2)c1. The molecule has 0 bridgehead atoms. The van der Waals surface area contributed by atoms with Crippen LogP contribution in [0.1, 0.15) is 5.56 Å². The third-order valence-electron chi connectivity index (χ3n) is 6.94. The summed E-state index contributed by atoms with van der Waals surface area (Å²) in [5, 5.41) is 14.4. The van der Waals surface area contributed by atoms with Gasteiger partial charge in [-0.25, -0.2) is 0 Å². The second-order valence-electron chi connectivity index (χ2n) is 9.14. The molecule has 0 aliphatic carbocycles. The van der Waals surface area contributed by atoms with Gasteiger partial charge in [-0.2, -0.15) is 5.26 Å². The summed E-state index contributed by atoms with van der Waals surface area (Å²) in [7, 11) is 0. The minimum Gasteiger partial charge on any atom is -0.256 e. The summed E-state index contributed by atoms with van der Waals surface area (Å²) in [6.07, 6.45) is 1.70. The van der Waals surface area contributed by atoms with Crippen molar-refractivity contribution in [2.75, 3.05) is 0 Å². The summed E-state index contributed by atoms with van der Waals surface area (Å²) >= 11 is 1.85. The summed E-state index contributed by atoms with van der Waals surface area (Å²) in [5.41, 5.74) is 7.24. The van der Waals surface area contributed by atoms with Crippen molar-refractivity contribution < 1.29 is 0 Å². The highest BCUT2D eigenvalue weighted by Crippen LogP contribution is 2.44. The second-order valence-corrected chi connectivity index (χ2v) is 10.2. The molecule has 0 saturated heterocycles. The van der Waals surface area contributed by atoms with Gasteiger partial charge in [0.2, 0.25) is 0 Å². The molecule has 0 saturated carbocycles. The number of thiophene rings is 1. The second kappa shape index (κ2) is 8.71. The minimum atomic E-state index is 0.613. The number of hydrogen-bond acceptors (Lipinski definition) is 3. The molecule has 3 heteroatoms. The van der Waals surface area contributed by atoms with Crippen LogP contribution in [0, 0.1) is 11.3 Å². The topological polar surface area (TPSA) is 36.7 Å². The third-order valence-corrected chi connectivity index (χ3v) is 8.04. The molecular formula is C34H20N2S. The van der Waals surface area contributed by atoms with Crippen molar-refractivity contribution in [1.82, 2.24) is 4.98 Å². The first-order valence-corrected chi connectivity index (χ1v) is 13.0. The van der Waals surface area contributed by atoms with Gasteiger partial charge in [-0.05, 0) is 63.4 Å². The summed E-state index contributed by atoms with van der Waals surface area (Å²) < 4.78 is 2.58. The quantitative estimate of drug-likeness (QED) is 0.248. The van der Waals surface area contributed by atoms with E-state index in [0.29, 0.717) is 5.56 Å². The van der Waals surface area contributed by atoms with Gasteiger partial charge < -0.3 is 0 Å². The molecule has 0 N–H and O–H groups in total. The van der Waals surface area contributed by atoms with E-state index in [1.54, 1.807) is 12.3 Å². The zero-order valence-electron chi connectivity index (χ0n) is 19.8. The molecule has 0 aliphatic rings. The monoisotopic (exact) mass is 488 g/mol. The van der Waals surface area contributed by atoms with E-state index in [1.807, 2.05) is 17.4 Å². The van der Waals surface area contributed by atoms with Gasteiger partial charge in [-0.3, -0.25) is 4.98 Å². The van der Waals surface area contributed by atoms with Crippen LogP contribution in [-0.2, 0) is 0 Å². The Bertz CT molecular complexity index is 1990. The van der Waals surface area contributed by atoms with Gasteiger partial charge in [0.05, 0.1) is 17.3 Å². The smallest absolute Gasteiger partial charge is 0.0992 e. The highest BCUT2D eigenvalue weighted by Gasteiger charge is 2.15. The average molecular weight is 489 g/mol. The molecular weight excluding hydrogens is 468 g/mol. The van der Waals surface area contributed by atoms with Crippen molar-refractivity contribution in [3.05, 3.63) is 127 Å². The van der Waals surface area contributed by atoms with Crippen LogP contribution in [0.15, 0.2) is 121 Å². The van der Waals surface area contributed by atoms with E-state index in [9.17, 15) is 5.26 Å². The van der Waals surface area contributed by atoms with E-state index in [-0.39, 0.29) is 0 Å². The highest BCUT2D eigenvalue weighted by molar-refractivity contribution is 7.26. The molecule has 172 valence electrons. The van der Waals surface area contributed by atoms with Gasteiger partial charge in [0.1, 0.15) is 0 Å². The Hall–Kier alpha value is -4.78. The van der Waals surface area contributed by atoms with E-state index >= 15 is 0 Å². The summed E-state index contributed by atoms with van der Waals surface area (Å²) in [6.45, 7) is 0. The van der Waals surface area contributed by atoms with Crippen molar-refractivity contribution in [2.45, 2.75) is 0 Å². The van der Waals surface area contributed by atoms with Gasteiger partial charge in [0, 0.05) is 31.9 Å². The third kappa shape index (κ3) is 3.67. The van der Waals surface area contributed by atoms with Crippen molar-refractivity contribution in [1.29, 1.82) is 5.26 Å². The predicted molar refractivity (Wildman–Crippen MR) is 156 cm³/mol. The fourth-order valence-electron chi connectivity index (χ4n) is 5.19. The number of pyridine rings is 1. The van der Waals surface area contributed by atoms with Crippen molar-refractivity contribution in [3.8, 4) is 39.6 Å². The molecule has 0 aliphatic heterocycles. The Morgan fingerprint density at radius 2 is 1.35 bits per heavy atom. The Morgan fingerprint density at radius 3 is 2.22 bits per heavy atom. The molecule has 0 unspecified atom stereocenters. The summed E-state index contributed by atoms with van der Waals surface area (Å²) in [6, 6.07) is 42.7. The number of nitriles is 1. The van der Waals surface area contributed by atoms with Crippen LogP contribution in [0.3, 0.4) is 0 Å². The fourth-order valence-corrected chi connectivity index (χ4v) is 6.39. The number of nitrogens with zero attached hydrogens (tertiary/aromatic N) is 2. The van der Waals surface area contributed by atoms with Crippen molar-refractivity contribution in [3.63, 3.8) is 0 Å². The largest absolute Gasteiger partial charge is 0.256 e. The molecule has 0 amide bonds. The molecule has 0 spiro atoms. The fraction of sp³-hybridized carbons (Fsp3) is 0. The van der Waals surface area contributed by atoms with Crippen molar-refractivity contribution in [2.24, 2.45) is 0 Å². The molecule has 2 nitrogen and oxygen atoms in total. The molecule has 0 atom stereocenters. The molecule has 5 aromatic carbocycles. The van der Waals surface area contributed by atoms with Crippen LogP contribution in [0.2, 0.25) is 0 Å². The van der Waals surface area contributed by atoms with E-state index in [2.05, 4.69) is 114 Å². The lowest BCUT2D eigenvalue weighted by Crippen LogP contribution is -1.87. The Kier molecular flexibility index (Phi) is 5.06. The Balaban J connectivity index is 1.44. The predicted octanol–water partition coefficient (Wildman–Crippen LogP) is 9.48. The molecule has 7 rings (SSSR count). The van der Waals surface area contributed by atoms with Crippen LogP contribution in [0.4, 0.5) is 0 Å². The van der Waals surface area contributed by atoms with Crippen LogP contribution in [-0.4, -0.2) is 4.98 Å². The summed E-state index contributed by atoms with van der Waals surface area (Å²) in [5.74, 6) is 0. The van der Waals surface area contributed by atoms with Crippen LogP contribution in [0.25, 0.3) is 64.5 Å². The van der Waals surface area contributed by atoms with Gasteiger partial charge in [-0.15, -0.1) is 11.3 Å². The van der Waals surface area contributed by atoms with Gasteiger partial charge in [0.25, 0.3) is 0 Å². The normalized spacial score (nSPS) is 11.2. The van der Waals surface area contributed by atoms with E-state index < -0.39 is 0 Å². The van der Waals surface area contributed by atoms with Gasteiger partial charge in [0.15, 0.2) is 0 Å². The van der Waals surface area contributed by atoms with E-state index in [4.69, 9.17) is 0 Å². The number of benzene rings is 5. The zero-order chi connectivity index (χ0) is 24.8. The van der Waals surface area contributed by atoms with Crippen LogP contribution < -0.4 is 0 Å². The molecule has 2 aromatic heterocycles. The molecule has 37 heavy (non-hydrogen) atoms. The van der Waals surface area contributed by atoms with E-state index in [1.165, 1.54) is 47.6 Å². The maximum atomic E-state index is 9.33. The highest BCUT2D eigenvalue weighted by atomic mass is 32.1. The first-order valence-electron chi connectivity index (χ1n) is 12.2. The number of fused-ring (bicyclic) bond motifs is 5. The van der Waals surface area contributed by atoms with Gasteiger partial charge >= 0.3 is 0 Å². The minimum absolute atomic E-state index is 0.613. The molecule has 7 aromatic rings. The first kappa shape index (κ1) is 21.5. The van der Waals surface area contributed by atoms with Crippen LogP contribution >= 0.6 is 11.3 Å². The molecule has 2 heterocycles. The van der Waals surface area contributed by atoms with E-state index in [0.717, 1.165) is 16.8 Å². The lowest BCUT2D eigenvalue weighted by Gasteiger charge is -2.11. The summed E-state index contributed by atoms with van der Waals surface area (Å²) in [4.78, 5) is 4.52. The lowest BCUT2D eigenvalue weighted by atomic mass is 9.93. The number of rotatable bonds is 3. The average Bonchev–Trinajstić information content (AvgIpc) is 3.35. The molecule has 0 fully saturated rings. The Morgan fingerprint density at radius 1 is 0.568 bits per heavy atom. The lowest BCUT2D eigenvalue weighted by molar-refractivity contribution is 1.31. The maximum absolute atomic E-state index is 9.33. The number of hydrogen-bond donors (Lipinski definition) is 0. The van der Waals surface area contributed by atoms with Crippen molar-refractivity contribution >= 4 is 42.3 Å². The molecule has 0 radical (unpaired) electrons. The first-order chi connectivity index (χ1) is 18.3.